The third kappa shape index (κ3) is 9.02. The molecule has 0 heterocycles. The van der Waals surface area contributed by atoms with Crippen LogP contribution < -0.4 is 0 Å². The first-order chi connectivity index (χ1) is 12.5. The van der Waals surface area contributed by atoms with Crippen LogP contribution in [0.5, 0.6) is 0 Å². The van der Waals surface area contributed by atoms with Crippen molar-refractivity contribution in [1.29, 1.82) is 0 Å². The van der Waals surface area contributed by atoms with Crippen LogP contribution in [0.1, 0.15) is 85.5 Å². The largest absolute Gasteiger partial charge is 0.465 e. The molecule has 0 bridgehead atoms. The first kappa shape index (κ1) is 24.9. The minimum Gasteiger partial charge on any atom is -0.465 e. The first-order valence-corrected chi connectivity index (χ1v) is 10.3. The molecule has 0 aromatic carbocycles. The van der Waals surface area contributed by atoms with Gasteiger partial charge in [0.1, 0.15) is 0 Å². The van der Waals surface area contributed by atoms with Crippen molar-refractivity contribution in [2.24, 2.45) is 11.3 Å². The van der Waals surface area contributed by atoms with Crippen LogP contribution in [0, 0.1) is 11.3 Å². The van der Waals surface area contributed by atoms with E-state index >= 15 is 0 Å². The molecule has 0 N–H and O–H groups in total. The second-order valence-corrected chi connectivity index (χ2v) is 7.15. The molecule has 0 amide bonds. The average Bonchev–Trinajstić information content (AvgIpc) is 2.64. The number of rotatable bonds is 16. The van der Waals surface area contributed by atoms with Gasteiger partial charge in [-0.1, -0.05) is 53.4 Å². The molecule has 26 heavy (non-hydrogen) atoms. The van der Waals surface area contributed by atoms with Crippen LogP contribution in [-0.4, -0.2) is 38.9 Å². The lowest BCUT2D eigenvalue weighted by Gasteiger charge is -2.27. The van der Waals surface area contributed by atoms with E-state index < -0.39 is 17.4 Å². The second-order valence-electron chi connectivity index (χ2n) is 7.15. The van der Waals surface area contributed by atoms with E-state index in [1.165, 1.54) is 12.8 Å². The average molecular weight is 373 g/mol. The lowest BCUT2D eigenvalue weighted by molar-refractivity contribution is -0.173. The van der Waals surface area contributed by atoms with Crippen LogP contribution in [0.2, 0.25) is 0 Å². The predicted octanol–water partition coefficient (Wildman–Crippen LogP) is 4.91. The van der Waals surface area contributed by atoms with Gasteiger partial charge in [0.25, 0.3) is 0 Å². The van der Waals surface area contributed by atoms with Gasteiger partial charge in [-0.15, -0.1) is 0 Å². The molecule has 0 aliphatic heterocycles. The number of ether oxygens (including phenoxy) is 3. The van der Waals surface area contributed by atoms with E-state index in [1.54, 1.807) is 7.11 Å². The van der Waals surface area contributed by atoms with Gasteiger partial charge in [-0.3, -0.25) is 9.59 Å². The highest BCUT2D eigenvalue weighted by Crippen LogP contribution is 2.30. The van der Waals surface area contributed by atoms with Crippen LogP contribution >= 0.6 is 0 Å². The van der Waals surface area contributed by atoms with Gasteiger partial charge in [0.2, 0.25) is 0 Å². The highest BCUT2D eigenvalue weighted by Gasteiger charge is 2.45. The molecule has 0 spiro atoms. The third-order valence-corrected chi connectivity index (χ3v) is 5.13. The maximum Gasteiger partial charge on any atom is 0.323 e. The Kier molecular flexibility index (Phi) is 14.4. The summed E-state index contributed by atoms with van der Waals surface area (Å²) in [5, 5.41) is 0. The van der Waals surface area contributed by atoms with Crippen LogP contribution in [0.25, 0.3) is 0 Å². The van der Waals surface area contributed by atoms with Gasteiger partial charge in [0.05, 0.1) is 13.2 Å². The molecule has 1 unspecified atom stereocenters. The fourth-order valence-corrected chi connectivity index (χ4v) is 2.87. The fraction of sp³-hybridized carbons (Fsp3) is 0.905. The number of hydrogen-bond acceptors (Lipinski definition) is 5. The van der Waals surface area contributed by atoms with E-state index in [0.29, 0.717) is 38.6 Å². The Morgan fingerprint density at radius 3 is 1.88 bits per heavy atom. The van der Waals surface area contributed by atoms with Crippen LogP contribution in [0.4, 0.5) is 0 Å². The zero-order valence-electron chi connectivity index (χ0n) is 17.6. The summed E-state index contributed by atoms with van der Waals surface area (Å²) < 4.78 is 15.9. The van der Waals surface area contributed by atoms with Gasteiger partial charge in [0, 0.05) is 13.7 Å². The molecule has 0 aliphatic rings. The molecular weight excluding hydrogens is 332 g/mol. The predicted molar refractivity (Wildman–Crippen MR) is 104 cm³/mol. The van der Waals surface area contributed by atoms with E-state index in [1.807, 2.05) is 13.8 Å². The van der Waals surface area contributed by atoms with Crippen molar-refractivity contribution in [1.82, 2.24) is 0 Å². The smallest absolute Gasteiger partial charge is 0.323 e. The van der Waals surface area contributed by atoms with Crippen molar-refractivity contribution in [3.8, 4) is 0 Å². The van der Waals surface area contributed by atoms with E-state index in [0.717, 1.165) is 32.1 Å². The first-order valence-electron chi connectivity index (χ1n) is 10.3. The van der Waals surface area contributed by atoms with Crippen LogP contribution in [0.15, 0.2) is 0 Å². The Bertz CT molecular complexity index is 377. The Morgan fingerprint density at radius 1 is 0.808 bits per heavy atom. The summed E-state index contributed by atoms with van der Waals surface area (Å²) in [5.74, 6) is -0.469. The molecule has 154 valence electrons. The molecule has 0 aliphatic carbocycles. The Morgan fingerprint density at radius 2 is 1.35 bits per heavy atom. The molecule has 0 aromatic heterocycles. The van der Waals surface area contributed by atoms with Crippen molar-refractivity contribution in [2.45, 2.75) is 85.5 Å². The van der Waals surface area contributed by atoms with Gasteiger partial charge in [-0.2, -0.15) is 0 Å². The van der Waals surface area contributed by atoms with Crippen molar-refractivity contribution < 1.29 is 23.8 Å². The zero-order chi connectivity index (χ0) is 19.8. The lowest BCUT2D eigenvalue weighted by Crippen LogP contribution is -2.41. The normalized spacial score (nSPS) is 12.7. The molecule has 0 aromatic rings. The number of unbranched alkanes of at least 4 members (excludes halogenated alkanes) is 4. The van der Waals surface area contributed by atoms with Crippen LogP contribution in [-0.2, 0) is 23.8 Å². The number of carbonyl (C=O) groups excluding carboxylic acids is 2. The molecule has 0 rings (SSSR count). The Labute approximate surface area is 160 Å². The van der Waals surface area contributed by atoms with Crippen molar-refractivity contribution in [2.75, 3.05) is 26.9 Å². The maximum atomic E-state index is 12.6. The monoisotopic (exact) mass is 372 g/mol. The number of methoxy groups -OCH3 is 1. The van der Waals surface area contributed by atoms with Gasteiger partial charge >= 0.3 is 11.9 Å². The lowest BCUT2D eigenvalue weighted by atomic mass is 9.82. The highest BCUT2D eigenvalue weighted by atomic mass is 16.6. The zero-order valence-corrected chi connectivity index (χ0v) is 17.6. The summed E-state index contributed by atoms with van der Waals surface area (Å²) in [6.45, 7) is 9.37. The summed E-state index contributed by atoms with van der Waals surface area (Å²) in [4.78, 5) is 25.1. The van der Waals surface area contributed by atoms with E-state index in [-0.39, 0.29) is 0 Å². The van der Waals surface area contributed by atoms with E-state index in [9.17, 15) is 9.59 Å². The summed E-state index contributed by atoms with van der Waals surface area (Å²) in [7, 11) is 1.68. The minimum absolute atomic E-state index is 0.329. The van der Waals surface area contributed by atoms with Crippen LogP contribution in [0.3, 0.4) is 0 Å². The topological polar surface area (TPSA) is 61.8 Å². The van der Waals surface area contributed by atoms with E-state index in [4.69, 9.17) is 14.2 Å². The Hall–Kier alpha value is -1.10. The fourth-order valence-electron chi connectivity index (χ4n) is 2.87. The molecule has 0 fully saturated rings. The summed E-state index contributed by atoms with van der Waals surface area (Å²) in [5.41, 5.74) is -1.17. The maximum absolute atomic E-state index is 12.6. The van der Waals surface area contributed by atoms with Gasteiger partial charge in [-0.25, -0.2) is 0 Å². The highest BCUT2D eigenvalue weighted by molar-refractivity contribution is 5.99. The summed E-state index contributed by atoms with van der Waals surface area (Å²) in [6.07, 6.45) is 7.95. The molecule has 5 nitrogen and oxygen atoms in total. The standard InChI is InChI=1S/C21H40O5/c1-6-9-10-11-12-15-25-19(22)21(7-2,8-3)20(23)26-17-14-18(4)13-16-24-5/h18H,6-17H2,1-5H3. The van der Waals surface area contributed by atoms with Crippen molar-refractivity contribution in [3.05, 3.63) is 0 Å². The summed E-state index contributed by atoms with van der Waals surface area (Å²) in [6, 6.07) is 0. The molecule has 0 radical (unpaired) electrons. The number of carbonyl (C=O) groups is 2. The SMILES string of the molecule is CCCCCCCOC(=O)C(CC)(CC)C(=O)OCCC(C)CCOC. The molecule has 0 saturated heterocycles. The number of esters is 2. The molecule has 5 heteroatoms. The summed E-state index contributed by atoms with van der Waals surface area (Å²) >= 11 is 0. The molecular formula is C21H40O5. The molecule has 1 atom stereocenters. The molecule has 0 saturated carbocycles. The quantitative estimate of drug-likeness (QED) is 0.219. The van der Waals surface area contributed by atoms with Gasteiger partial charge in [0.15, 0.2) is 5.41 Å². The number of hydrogen-bond donors (Lipinski definition) is 0. The third-order valence-electron chi connectivity index (χ3n) is 5.13. The van der Waals surface area contributed by atoms with E-state index in [2.05, 4.69) is 13.8 Å². The minimum atomic E-state index is -1.17. The van der Waals surface area contributed by atoms with Gasteiger partial charge < -0.3 is 14.2 Å². The van der Waals surface area contributed by atoms with Crippen molar-refractivity contribution in [3.63, 3.8) is 0 Å². The van der Waals surface area contributed by atoms with Crippen molar-refractivity contribution >= 4 is 11.9 Å². The second kappa shape index (κ2) is 15.0. The Balaban J connectivity index is 4.41. The van der Waals surface area contributed by atoms with Gasteiger partial charge in [-0.05, 0) is 38.0 Å².